The van der Waals surface area contributed by atoms with Crippen LogP contribution < -0.4 is 0 Å². The SMILES string of the molecule is CCc1ncc(Cc2ccc(F)cc2)s1. The molecule has 0 N–H and O–H groups in total. The molecule has 3 heteroatoms. The van der Waals surface area contributed by atoms with Crippen LogP contribution in [-0.4, -0.2) is 4.98 Å². The Bertz CT molecular complexity index is 433. The topological polar surface area (TPSA) is 12.9 Å². The molecule has 15 heavy (non-hydrogen) atoms. The van der Waals surface area contributed by atoms with Crippen LogP contribution in [0.4, 0.5) is 4.39 Å². The number of hydrogen-bond donors (Lipinski definition) is 0. The van der Waals surface area contributed by atoms with E-state index in [0.29, 0.717) is 0 Å². The van der Waals surface area contributed by atoms with Crippen molar-refractivity contribution in [1.29, 1.82) is 0 Å². The maximum atomic E-state index is 12.7. The molecule has 0 atom stereocenters. The van der Waals surface area contributed by atoms with Crippen LogP contribution in [0.5, 0.6) is 0 Å². The van der Waals surface area contributed by atoms with Crippen LogP contribution >= 0.6 is 11.3 Å². The third-order valence-electron chi connectivity index (χ3n) is 2.20. The third-order valence-corrected chi connectivity index (χ3v) is 3.34. The van der Waals surface area contributed by atoms with E-state index in [1.54, 1.807) is 11.3 Å². The van der Waals surface area contributed by atoms with Crippen LogP contribution in [0.1, 0.15) is 22.4 Å². The number of rotatable bonds is 3. The van der Waals surface area contributed by atoms with Gasteiger partial charge < -0.3 is 0 Å². The molecule has 0 spiro atoms. The summed E-state index contributed by atoms with van der Waals surface area (Å²) in [5.41, 5.74) is 1.13. The predicted octanol–water partition coefficient (Wildman–Crippen LogP) is 3.44. The molecular formula is C12H12FNS. The molecule has 2 aromatic rings. The lowest BCUT2D eigenvalue weighted by molar-refractivity contribution is 0.627. The van der Waals surface area contributed by atoms with E-state index in [1.807, 2.05) is 18.3 Å². The summed E-state index contributed by atoms with van der Waals surface area (Å²) < 4.78 is 12.7. The highest BCUT2D eigenvalue weighted by molar-refractivity contribution is 7.11. The summed E-state index contributed by atoms with van der Waals surface area (Å²) in [6.45, 7) is 2.10. The normalized spacial score (nSPS) is 10.5. The number of nitrogens with zero attached hydrogens (tertiary/aromatic N) is 1. The van der Waals surface area contributed by atoms with Gasteiger partial charge in [-0.15, -0.1) is 11.3 Å². The molecule has 0 fully saturated rings. The minimum atomic E-state index is -0.183. The van der Waals surface area contributed by atoms with Crippen molar-refractivity contribution in [2.75, 3.05) is 0 Å². The summed E-state index contributed by atoms with van der Waals surface area (Å²) in [5, 5.41) is 1.16. The number of hydrogen-bond acceptors (Lipinski definition) is 2. The van der Waals surface area contributed by atoms with Crippen LogP contribution in [0.15, 0.2) is 30.5 Å². The Morgan fingerprint density at radius 2 is 2.00 bits per heavy atom. The fraction of sp³-hybridized carbons (Fsp3) is 0.250. The van der Waals surface area contributed by atoms with Crippen LogP contribution in [0, 0.1) is 5.82 Å². The van der Waals surface area contributed by atoms with Gasteiger partial charge in [0, 0.05) is 17.5 Å². The number of thiazole rings is 1. The van der Waals surface area contributed by atoms with E-state index in [-0.39, 0.29) is 5.82 Å². The Balaban J connectivity index is 2.11. The lowest BCUT2D eigenvalue weighted by atomic mass is 10.1. The highest BCUT2D eigenvalue weighted by atomic mass is 32.1. The van der Waals surface area contributed by atoms with E-state index in [4.69, 9.17) is 0 Å². The molecule has 0 aliphatic carbocycles. The van der Waals surface area contributed by atoms with Crippen LogP contribution in [0.3, 0.4) is 0 Å². The van der Waals surface area contributed by atoms with Crippen LogP contribution in [0.25, 0.3) is 0 Å². The van der Waals surface area contributed by atoms with E-state index in [1.165, 1.54) is 17.0 Å². The fourth-order valence-electron chi connectivity index (χ4n) is 1.40. The molecule has 1 aromatic carbocycles. The van der Waals surface area contributed by atoms with Crippen molar-refractivity contribution >= 4 is 11.3 Å². The van der Waals surface area contributed by atoms with E-state index in [0.717, 1.165) is 23.4 Å². The predicted molar refractivity (Wildman–Crippen MR) is 60.7 cm³/mol. The van der Waals surface area contributed by atoms with Gasteiger partial charge in [0.15, 0.2) is 0 Å². The Labute approximate surface area is 92.6 Å². The molecule has 1 heterocycles. The van der Waals surface area contributed by atoms with Crippen molar-refractivity contribution in [3.8, 4) is 0 Å². The van der Waals surface area contributed by atoms with Gasteiger partial charge in [-0.25, -0.2) is 9.37 Å². The second kappa shape index (κ2) is 4.53. The first-order chi connectivity index (χ1) is 7.28. The first-order valence-electron chi connectivity index (χ1n) is 4.96. The Hall–Kier alpha value is -1.22. The first-order valence-corrected chi connectivity index (χ1v) is 5.77. The van der Waals surface area contributed by atoms with Gasteiger partial charge in [0.1, 0.15) is 5.82 Å². The van der Waals surface area contributed by atoms with Crippen LogP contribution in [0.2, 0.25) is 0 Å². The summed E-state index contributed by atoms with van der Waals surface area (Å²) in [7, 11) is 0. The average Bonchev–Trinajstić information content (AvgIpc) is 2.69. The largest absolute Gasteiger partial charge is 0.249 e. The molecule has 0 aliphatic heterocycles. The summed E-state index contributed by atoms with van der Waals surface area (Å²) in [4.78, 5) is 5.53. The van der Waals surface area contributed by atoms with Gasteiger partial charge in [-0.05, 0) is 24.1 Å². The quantitative estimate of drug-likeness (QED) is 0.773. The Morgan fingerprint density at radius 1 is 1.27 bits per heavy atom. The molecule has 0 bridgehead atoms. The standard InChI is InChI=1S/C12H12FNS/c1-2-12-14-8-11(15-12)7-9-3-5-10(13)6-4-9/h3-6,8H,2,7H2,1H3. The second-order valence-electron chi connectivity index (χ2n) is 3.38. The molecule has 0 saturated carbocycles. The van der Waals surface area contributed by atoms with Gasteiger partial charge >= 0.3 is 0 Å². The first kappa shape index (κ1) is 10.3. The monoisotopic (exact) mass is 221 g/mol. The minimum absolute atomic E-state index is 0.183. The second-order valence-corrected chi connectivity index (χ2v) is 4.58. The van der Waals surface area contributed by atoms with Crippen molar-refractivity contribution in [1.82, 2.24) is 4.98 Å². The minimum Gasteiger partial charge on any atom is -0.249 e. The molecule has 78 valence electrons. The van der Waals surface area contributed by atoms with Gasteiger partial charge in [0.05, 0.1) is 5.01 Å². The summed E-state index contributed by atoms with van der Waals surface area (Å²) >= 11 is 1.73. The Morgan fingerprint density at radius 3 is 2.60 bits per heavy atom. The number of halogens is 1. The zero-order valence-corrected chi connectivity index (χ0v) is 9.35. The summed E-state index contributed by atoms with van der Waals surface area (Å²) in [5.74, 6) is -0.183. The average molecular weight is 221 g/mol. The van der Waals surface area contributed by atoms with Crippen molar-refractivity contribution in [3.05, 3.63) is 51.7 Å². The van der Waals surface area contributed by atoms with Gasteiger partial charge in [-0.3, -0.25) is 0 Å². The van der Waals surface area contributed by atoms with Crippen molar-refractivity contribution in [2.24, 2.45) is 0 Å². The van der Waals surface area contributed by atoms with Crippen molar-refractivity contribution in [2.45, 2.75) is 19.8 Å². The number of aromatic nitrogens is 1. The molecule has 0 aliphatic rings. The molecule has 2 rings (SSSR count). The maximum absolute atomic E-state index is 12.7. The maximum Gasteiger partial charge on any atom is 0.123 e. The van der Waals surface area contributed by atoms with E-state index >= 15 is 0 Å². The highest BCUT2D eigenvalue weighted by Gasteiger charge is 2.01. The van der Waals surface area contributed by atoms with Gasteiger partial charge in [-0.2, -0.15) is 0 Å². The lowest BCUT2D eigenvalue weighted by Crippen LogP contribution is -1.84. The highest BCUT2D eigenvalue weighted by Crippen LogP contribution is 2.17. The molecule has 0 amide bonds. The molecule has 0 radical (unpaired) electrons. The molecule has 0 unspecified atom stereocenters. The summed E-state index contributed by atoms with van der Waals surface area (Å²) in [6, 6.07) is 6.63. The van der Waals surface area contributed by atoms with E-state index < -0.39 is 0 Å². The van der Waals surface area contributed by atoms with Crippen molar-refractivity contribution in [3.63, 3.8) is 0 Å². The van der Waals surface area contributed by atoms with Gasteiger partial charge in [0.25, 0.3) is 0 Å². The fourth-order valence-corrected chi connectivity index (χ4v) is 2.29. The smallest absolute Gasteiger partial charge is 0.123 e. The third kappa shape index (κ3) is 2.63. The van der Waals surface area contributed by atoms with Crippen molar-refractivity contribution < 1.29 is 4.39 Å². The van der Waals surface area contributed by atoms with E-state index in [2.05, 4.69) is 11.9 Å². The number of aryl methyl sites for hydroxylation is 1. The molecular weight excluding hydrogens is 209 g/mol. The van der Waals surface area contributed by atoms with E-state index in [9.17, 15) is 4.39 Å². The Kier molecular flexibility index (Phi) is 3.11. The van der Waals surface area contributed by atoms with Gasteiger partial charge in [-0.1, -0.05) is 19.1 Å². The molecule has 1 nitrogen and oxygen atoms in total. The van der Waals surface area contributed by atoms with Crippen LogP contribution in [-0.2, 0) is 12.8 Å². The molecule has 0 saturated heterocycles. The zero-order valence-electron chi connectivity index (χ0n) is 8.53. The number of benzene rings is 1. The van der Waals surface area contributed by atoms with Gasteiger partial charge in [0.2, 0.25) is 0 Å². The molecule has 1 aromatic heterocycles. The zero-order chi connectivity index (χ0) is 10.7. The lowest BCUT2D eigenvalue weighted by Gasteiger charge is -1.97. The summed E-state index contributed by atoms with van der Waals surface area (Å²) in [6.07, 6.45) is 3.74.